The summed E-state index contributed by atoms with van der Waals surface area (Å²) < 4.78 is 65.1. The van der Waals surface area contributed by atoms with Crippen molar-refractivity contribution in [1.29, 1.82) is 0 Å². The Morgan fingerprint density at radius 2 is 1.00 bits per heavy atom. The van der Waals surface area contributed by atoms with Gasteiger partial charge in [-0.25, -0.2) is 29.6 Å². The number of hydrazone groups is 2. The van der Waals surface area contributed by atoms with Gasteiger partial charge in [-0.15, -0.1) is 0 Å². The minimum Gasteiger partial charge on any atom is -0.460 e. The van der Waals surface area contributed by atoms with Gasteiger partial charge in [0.15, 0.2) is 0 Å². The lowest BCUT2D eigenvalue weighted by Gasteiger charge is -2.37. The van der Waals surface area contributed by atoms with Gasteiger partial charge in [0.2, 0.25) is 10.3 Å². The summed E-state index contributed by atoms with van der Waals surface area (Å²) in [7, 11) is 0. The number of alkyl halides is 3. The van der Waals surface area contributed by atoms with Crippen LogP contribution in [0.2, 0.25) is 0 Å². The monoisotopic (exact) mass is 1540 g/mol. The fourth-order valence-electron chi connectivity index (χ4n) is 16.8. The van der Waals surface area contributed by atoms with Crippen molar-refractivity contribution >= 4 is 116 Å². The number of carbonyl (C=O) groups excluding carboxylic acids is 3. The molecule has 0 saturated heterocycles. The van der Waals surface area contributed by atoms with E-state index in [0.717, 1.165) is 166 Å². The van der Waals surface area contributed by atoms with Crippen molar-refractivity contribution in [1.82, 2.24) is 9.97 Å². The van der Waals surface area contributed by atoms with Gasteiger partial charge in [-0.3, -0.25) is 4.79 Å². The highest BCUT2D eigenvalue weighted by Gasteiger charge is 2.39. The Kier molecular flexibility index (Phi) is 28.2. The van der Waals surface area contributed by atoms with E-state index in [1.54, 1.807) is 22.7 Å². The molecular formula is C93H107F3N6O7S2. The average molecular weight is 1540 g/mol. The molecule has 0 spiro atoms. The van der Waals surface area contributed by atoms with E-state index in [1.165, 1.54) is 76.2 Å². The van der Waals surface area contributed by atoms with Crippen molar-refractivity contribution in [2.75, 3.05) is 36.3 Å². The number of rotatable bonds is 36. The number of fused-ring (bicyclic) bond motifs is 7. The van der Waals surface area contributed by atoms with Gasteiger partial charge in [0.25, 0.3) is 0 Å². The van der Waals surface area contributed by atoms with Gasteiger partial charge >= 0.3 is 24.1 Å². The topological polar surface area (TPSA) is 145 Å². The van der Waals surface area contributed by atoms with Crippen LogP contribution in [0.5, 0.6) is 11.5 Å². The van der Waals surface area contributed by atoms with E-state index in [0.29, 0.717) is 82.6 Å². The Bertz CT molecular complexity index is 4840. The molecule has 0 unspecified atom stereocenters. The van der Waals surface area contributed by atoms with Gasteiger partial charge in [-0.2, -0.15) is 23.4 Å². The lowest BCUT2D eigenvalue weighted by Crippen LogP contribution is -2.32. The molecule has 13 nitrogen and oxygen atoms in total. The molecular weight excluding hydrogens is 1430 g/mol. The van der Waals surface area contributed by atoms with Crippen LogP contribution in [-0.4, -0.2) is 78.9 Å². The highest BCUT2D eigenvalue weighted by Crippen LogP contribution is 2.44. The zero-order valence-electron chi connectivity index (χ0n) is 64.8. The maximum absolute atomic E-state index is 15.0. The molecule has 3 aliphatic rings. The summed E-state index contributed by atoms with van der Waals surface area (Å²) in [6.07, 6.45) is 28.6. The predicted octanol–water partition coefficient (Wildman–Crippen LogP) is 25.5. The molecule has 0 radical (unpaired) electrons. The molecule has 2 heterocycles. The van der Waals surface area contributed by atoms with Crippen molar-refractivity contribution < 1.29 is 46.5 Å². The highest BCUT2D eigenvalue weighted by atomic mass is 32.1. The van der Waals surface area contributed by atoms with Gasteiger partial charge < -0.3 is 18.9 Å². The second-order valence-electron chi connectivity index (χ2n) is 30.9. The van der Waals surface area contributed by atoms with Gasteiger partial charge in [0.1, 0.15) is 23.7 Å². The van der Waals surface area contributed by atoms with Crippen molar-refractivity contribution in [2.45, 2.75) is 219 Å². The molecule has 0 aliphatic heterocycles. The van der Waals surface area contributed by atoms with E-state index in [1.807, 2.05) is 89.2 Å². The molecule has 0 atom stereocenters. The van der Waals surface area contributed by atoms with E-state index in [9.17, 15) is 27.6 Å². The smallest absolute Gasteiger partial charge is 0.422 e. The molecule has 2 aromatic heterocycles. The SMILES string of the molecule is C=C(C(=O)OCCOC1CCC(C2CCC(C(=O)Oc3ccc4c(/C=N/N(CCCCCCCC)c5nc6c(ccc7ccccc76)s5)c(OC(=O)c5ccc(-c6ccc(C7CCC(CCCCC)CC7)cc6)cc5)ccc4c3/C=N/N(CCCCCCCC)c3nc4c(ccc5ccccc54)s3)CC2)CC1)C(F)(F)F. The number of hydrogen-bond donors (Lipinski definition) is 0. The van der Waals surface area contributed by atoms with Crippen molar-refractivity contribution in [3.8, 4) is 22.6 Å². The third-order valence-corrected chi connectivity index (χ3v) is 25.4. The first-order valence-corrected chi connectivity index (χ1v) is 42.8. The summed E-state index contributed by atoms with van der Waals surface area (Å²) >= 11 is 3.21. The lowest BCUT2D eigenvalue weighted by atomic mass is 9.70. The van der Waals surface area contributed by atoms with Crippen molar-refractivity contribution in [3.63, 3.8) is 0 Å². The Hall–Kier alpha value is -8.84. The molecule has 13 rings (SSSR count). The molecule has 18 heteroatoms. The molecule has 111 heavy (non-hydrogen) atoms. The van der Waals surface area contributed by atoms with Crippen molar-refractivity contribution in [2.24, 2.45) is 33.9 Å². The van der Waals surface area contributed by atoms with Gasteiger partial charge in [-0.1, -0.05) is 237 Å². The quantitative estimate of drug-likeness (QED) is 0.00924. The minimum absolute atomic E-state index is 0.00232. The number of carbonyl (C=O) groups is 3. The first kappa shape index (κ1) is 80.2. The Morgan fingerprint density at radius 1 is 0.514 bits per heavy atom. The summed E-state index contributed by atoms with van der Waals surface area (Å²) in [6, 6.07) is 49.5. The molecule has 0 amide bonds. The van der Waals surface area contributed by atoms with E-state index in [-0.39, 0.29) is 31.2 Å². The minimum atomic E-state index is -4.85. The van der Waals surface area contributed by atoms with Gasteiger partial charge in [0, 0.05) is 35.0 Å². The molecule has 8 aromatic carbocycles. The Balaban J connectivity index is 0.825. The molecule has 0 N–H and O–H groups in total. The van der Waals surface area contributed by atoms with Crippen LogP contribution in [0.4, 0.5) is 23.4 Å². The predicted molar refractivity (Wildman–Crippen MR) is 449 cm³/mol. The first-order valence-electron chi connectivity index (χ1n) is 41.2. The third-order valence-electron chi connectivity index (χ3n) is 23.4. The number of benzene rings is 8. The summed E-state index contributed by atoms with van der Waals surface area (Å²) in [6.45, 7) is 10.5. The number of ether oxygens (including phenoxy) is 4. The average Bonchev–Trinajstić information content (AvgIpc) is 1.77. The van der Waals surface area contributed by atoms with Crippen LogP contribution >= 0.6 is 22.7 Å². The number of halogens is 3. The fourth-order valence-corrected chi connectivity index (χ4v) is 18.7. The van der Waals surface area contributed by atoms with Crippen molar-refractivity contribution in [3.05, 3.63) is 180 Å². The Morgan fingerprint density at radius 3 is 1.53 bits per heavy atom. The molecule has 3 aliphatic carbocycles. The Labute approximate surface area is 660 Å². The van der Waals surface area contributed by atoms with Crippen LogP contribution in [0.15, 0.2) is 168 Å². The van der Waals surface area contributed by atoms with Gasteiger partial charge in [-0.05, 0) is 200 Å². The molecule has 3 saturated carbocycles. The normalized spacial score (nSPS) is 18.4. The number of aromatic nitrogens is 2. The number of thiazole rings is 2. The van der Waals surface area contributed by atoms with Crippen LogP contribution in [-0.2, 0) is 19.1 Å². The van der Waals surface area contributed by atoms with Crippen LogP contribution in [0.1, 0.15) is 234 Å². The second-order valence-corrected chi connectivity index (χ2v) is 33.0. The maximum atomic E-state index is 15.0. The number of nitrogens with zero attached hydrogens (tertiary/aromatic N) is 6. The first-order chi connectivity index (χ1) is 54.2. The van der Waals surface area contributed by atoms with E-state index in [2.05, 4.69) is 106 Å². The molecule has 10 aromatic rings. The highest BCUT2D eigenvalue weighted by molar-refractivity contribution is 7.22. The molecule has 584 valence electrons. The zero-order chi connectivity index (χ0) is 77.1. The van der Waals surface area contributed by atoms with Crippen LogP contribution in [0, 0.1) is 23.7 Å². The summed E-state index contributed by atoms with van der Waals surface area (Å²) in [5.41, 5.74) is 5.33. The largest absolute Gasteiger partial charge is 0.460 e. The van der Waals surface area contributed by atoms with E-state index < -0.39 is 23.7 Å². The standard InChI is InChI=1S/C93H107F3N6O7S2/c1-5-8-11-13-15-22-57-101(91-99-86-76-27-20-18-25-71(76)47-55-84(86)110-91)97-61-80-78-52-54-83(109-90(105)74-43-39-69(40-44-74)70-45-49-75(50-46-70)106-59-60-107-88(103)63(4)93(94,95)96)81(62-98-102(58-23-16-14-12-9-6-2)92-100-87-77-28-21-19-26-72(77)48-56-85(87)111-92)79(78)51-53-82(80)108-89(104)73-41-37-68(38-42-73)67-35-33-66(34-36-67)65-31-29-64(30-32-65)24-17-10-7-3/h18-21,25-28,33-38,41-42,47-48,51-56,61-62,64-65,69-70,74-75H,4-17,22-24,29-32,39-40,43-46,49-50,57-60H2,1-3H3/b97-61+,98-62+. The second kappa shape index (κ2) is 39.1. The number of anilines is 2. The lowest BCUT2D eigenvalue weighted by molar-refractivity contribution is -0.152. The zero-order valence-corrected chi connectivity index (χ0v) is 66.4. The summed E-state index contributed by atoms with van der Waals surface area (Å²) in [5.74, 6) is 0.265. The molecule has 3 fully saturated rings. The number of esters is 3. The van der Waals surface area contributed by atoms with E-state index in [4.69, 9.17) is 39.1 Å². The number of hydrogen-bond acceptors (Lipinski definition) is 15. The van der Waals surface area contributed by atoms with E-state index >= 15 is 0 Å². The maximum Gasteiger partial charge on any atom is 0.422 e. The van der Waals surface area contributed by atoms with Crippen LogP contribution < -0.4 is 19.5 Å². The molecule has 0 bridgehead atoms. The van der Waals surface area contributed by atoms with Crippen LogP contribution in [0.3, 0.4) is 0 Å². The summed E-state index contributed by atoms with van der Waals surface area (Å²) in [5, 5.41) is 22.1. The third kappa shape index (κ3) is 20.7. The summed E-state index contributed by atoms with van der Waals surface area (Å²) in [4.78, 5) is 52.4. The number of unbranched alkanes of at least 4 members (excludes halogenated alkanes) is 12. The van der Waals surface area contributed by atoms with Gasteiger partial charge in [0.05, 0.1) is 57.1 Å². The fraction of sp³-hybridized carbons (Fsp3) is 0.452. The van der Waals surface area contributed by atoms with Crippen LogP contribution in [0.25, 0.3) is 63.9 Å².